The molecule has 0 aromatic carbocycles. The summed E-state index contributed by atoms with van der Waals surface area (Å²) < 4.78 is 76.9. The number of nitriles is 1. The molecule has 12 nitrogen and oxygen atoms in total. The Kier molecular flexibility index (Phi) is 8.56. The number of nitrogens with zero attached hydrogens (tertiary/aromatic N) is 8. The molecule has 0 atom stereocenters. The number of carbonyl (C=O) groups is 1. The number of imidazole rings is 1. The van der Waals surface area contributed by atoms with Gasteiger partial charge in [0.1, 0.15) is 17.2 Å². The van der Waals surface area contributed by atoms with Gasteiger partial charge in [0.25, 0.3) is 0 Å². The molecule has 44 heavy (non-hydrogen) atoms. The van der Waals surface area contributed by atoms with E-state index in [2.05, 4.69) is 40.9 Å². The summed E-state index contributed by atoms with van der Waals surface area (Å²) in [5.74, 6) is -0.0847. The highest BCUT2D eigenvalue weighted by Gasteiger charge is 2.54. The van der Waals surface area contributed by atoms with Crippen molar-refractivity contribution < 1.29 is 31.1 Å². The van der Waals surface area contributed by atoms with Crippen LogP contribution in [0.2, 0.25) is 25.7 Å². The van der Waals surface area contributed by atoms with Gasteiger partial charge >= 0.3 is 6.18 Å². The Morgan fingerprint density at radius 2 is 1.89 bits per heavy atom. The van der Waals surface area contributed by atoms with Gasteiger partial charge in [0.05, 0.1) is 23.5 Å². The highest BCUT2D eigenvalue weighted by atomic mass is 32.2. The first-order chi connectivity index (χ1) is 20.6. The standard InChI is InChI=1S/C26H33F3N8O4S2Si/c1-18(38)34-7-9-35(10-8-34)20-13-19(15-36-21(20)14-31-22(36)23-32-33-24(42-23)26(27,28)29)43(39,40)37(25(16-30)5-6-25)17-41-11-12-44(2,3)4/h13-15H,5-12,17H2,1-4H3. The third kappa shape index (κ3) is 6.47. The zero-order chi connectivity index (χ0) is 32.1. The monoisotopic (exact) mass is 670 g/mol. The number of rotatable bonds is 10. The first-order valence-electron chi connectivity index (χ1n) is 14.0. The summed E-state index contributed by atoms with van der Waals surface area (Å²) in [6.45, 7) is 9.62. The van der Waals surface area contributed by atoms with Crippen molar-refractivity contribution in [2.45, 2.75) is 62.1 Å². The van der Waals surface area contributed by atoms with Gasteiger partial charge in [0.2, 0.25) is 20.9 Å². The van der Waals surface area contributed by atoms with Crippen LogP contribution < -0.4 is 4.90 Å². The van der Waals surface area contributed by atoms with Crippen LogP contribution in [0.5, 0.6) is 0 Å². The number of hydrogen-bond donors (Lipinski definition) is 0. The van der Waals surface area contributed by atoms with Crippen molar-refractivity contribution in [1.29, 1.82) is 5.26 Å². The molecule has 4 heterocycles. The number of sulfonamides is 1. The molecule has 3 aromatic heterocycles. The van der Waals surface area contributed by atoms with Crippen LogP contribution >= 0.6 is 11.3 Å². The SMILES string of the molecule is CC(=O)N1CCN(c2cc(S(=O)(=O)N(COCC[Si](C)(C)C)C3(C#N)CC3)cn3c(-c4nnc(C(F)(F)F)s4)ncc23)CC1. The first kappa shape index (κ1) is 32.3. The normalized spacial score (nSPS) is 17.3. The number of halogens is 3. The summed E-state index contributed by atoms with van der Waals surface area (Å²) in [6, 6.07) is 4.45. The zero-order valence-electron chi connectivity index (χ0n) is 24.8. The number of piperazine rings is 1. The number of fused-ring (bicyclic) bond motifs is 1. The van der Waals surface area contributed by atoms with E-state index in [0.717, 1.165) is 10.3 Å². The van der Waals surface area contributed by atoms with Gasteiger partial charge in [0, 0.05) is 54.0 Å². The molecule has 0 radical (unpaired) electrons. The van der Waals surface area contributed by atoms with Crippen LogP contribution in [0.25, 0.3) is 16.3 Å². The Morgan fingerprint density at radius 3 is 2.43 bits per heavy atom. The molecule has 1 aliphatic carbocycles. The fourth-order valence-electron chi connectivity index (χ4n) is 4.91. The minimum absolute atomic E-state index is 0.00646. The molecule has 18 heteroatoms. The number of ether oxygens (including phenoxy) is 1. The molecule has 2 aliphatic rings. The van der Waals surface area contributed by atoms with E-state index in [4.69, 9.17) is 4.74 Å². The lowest BCUT2D eigenvalue weighted by Crippen LogP contribution is -2.48. The lowest BCUT2D eigenvalue weighted by molar-refractivity contribution is -0.138. The number of aromatic nitrogens is 4. The van der Waals surface area contributed by atoms with E-state index in [9.17, 15) is 31.6 Å². The smallest absolute Gasteiger partial charge is 0.366 e. The molecule has 0 bridgehead atoms. The molecule has 0 N–H and O–H groups in total. The molecule has 1 saturated heterocycles. The average Bonchev–Trinajstić information content (AvgIpc) is 3.35. The molecule has 1 amide bonds. The van der Waals surface area contributed by atoms with E-state index < -0.39 is 34.8 Å². The van der Waals surface area contributed by atoms with Crippen LogP contribution in [0.15, 0.2) is 23.4 Å². The predicted octanol–water partition coefficient (Wildman–Crippen LogP) is 3.90. The van der Waals surface area contributed by atoms with Gasteiger partial charge in [-0.05, 0) is 25.0 Å². The van der Waals surface area contributed by atoms with Crippen molar-refractivity contribution in [2.24, 2.45) is 0 Å². The van der Waals surface area contributed by atoms with Crippen molar-refractivity contribution in [3.63, 3.8) is 0 Å². The van der Waals surface area contributed by atoms with Crippen molar-refractivity contribution >= 4 is 46.5 Å². The molecule has 5 rings (SSSR count). The van der Waals surface area contributed by atoms with Crippen molar-refractivity contribution in [1.82, 2.24) is 28.8 Å². The van der Waals surface area contributed by atoms with Crippen LogP contribution in [0.4, 0.5) is 18.9 Å². The predicted molar refractivity (Wildman–Crippen MR) is 159 cm³/mol. The summed E-state index contributed by atoms with van der Waals surface area (Å²) in [5, 5.41) is 15.7. The van der Waals surface area contributed by atoms with E-state index in [-0.39, 0.29) is 28.4 Å². The van der Waals surface area contributed by atoms with Crippen LogP contribution in [0.1, 0.15) is 24.8 Å². The highest BCUT2D eigenvalue weighted by molar-refractivity contribution is 7.89. The number of pyridine rings is 1. The number of carbonyl (C=O) groups excluding carboxylic acids is 1. The summed E-state index contributed by atoms with van der Waals surface area (Å²) in [6.07, 6.45) is -1.26. The Hall–Kier alpha value is -3.11. The second kappa shape index (κ2) is 11.7. The maximum atomic E-state index is 14.3. The van der Waals surface area contributed by atoms with Gasteiger partial charge in [-0.1, -0.05) is 31.0 Å². The average molecular weight is 671 g/mol. The second-order valence-electron chi connectivity index (χ2n) is 12.1. The van der Waals surface area contributed by atoms with Crippen LogP contribution in [0, 0.1) is 11.3 Å². The number of alkyl halides is 3. The van der Waals surface area contributed by atoms with E-state index in [0.29, 0.717) is 68.2 Å². The molecule has 2 fully saturated rings. The van der Waals surface area contributed by atoms with Gasteiger partial charge in [-0.15, -0.1) is 10.2 Å². The topological polar surface area (TPSA) is 137 Å². The number of amides is 1. The minimum Gasteiger partial charge on any atom is -0.366 e. The summed E-state index contributed by atoms with van der Waals surface area (Å²) in [7, 11) is -5.82. The summed E-state index contributed by atoms with van der Waals surface area (Å²) in [4.78, 5) is 19.7. The van der Waals surface area contributed by atoms with Gasteiger partial charge in [-0.25, -0.2) is 13.4 Å². The molecule has 0 spiro atoms. The zero-order valence-corrected chi connectivity index (χ0v) is 27.4. The Bertz CT molecular complexity index is 1700. The molecule has 0 unspecified atom stereocenters. The quantitative estimate of drug-likeness (QED) is 0.179. The van der Waals surface area contributed by atoms with Gasteiger partial charge in [-0.3, -0.25) is 9.20 Å². The van der Waals surface area contributed by atoms with E-state index in [1.807, 2.05) is 4.90 Å². The maximum Gasteiger partial charge on any atom is 0.445 e. The summed E-state index contributed by atoms with van der Waals surface area (Å²) in [5.41, 5.74) is -0.341. The van der Waals surface area contributed by atoms with E-state index >= 15 is 0 Å². The molecule has 1 saturated carbocycles. The Balaban J connectivity index is 1.59. The molecule has 1 aliphatic heterocycles. The molecule has 238 valence electrons. The molecule has 3 aromatic rings. The first-order valence-corrected chi connectivity index (χ1v) is 20.0. The maximum absolute atomic E-state index is 14.3. The van der Waals surface area contributed by atoms with E-state index in [1.54, 1.807) is 4.90 Å². The van der Waals surface area contributed by atoms with Gasteiger partial charge < -0.3 is 14.5 Å². The second-order valence-corrected chi connectivity index (χ2v) is 20.6. The fraction of sp³-hybridized carbons (Fsp3) is 0.577. The Morgan fingerprint density at radius 1 is 1.20 bits per heavy atom. The van der Waals surface area contributed by atoms with Crippen LogP contribution in [0.3, 0.4) is 0 Å². The highest BCUT2D eigenvalue weighted by Crippen LogP contribution is 2.45. The van der Waals surface area contributed by atoms with Crippen LogP contribution in [-0.4, -0.2) is 96.2 Å². The lowest BCUT2D eigenvalue weighted by atomic mass is 10.2. The van der Waals surface area contributed by atoms with Gasteiger partial charge in [0.15, 0.2) is 10.8 Å². The third-order valence-electron chi connectivity index (χ3n) is 7.72. The molecular formula is C26H33F3N8O4S2Si. The van der Waals surface area contributed by atoms with Crippen molar-refractivity contribution in [2.75, 3.05) is 44.4 Å². The number of hydrogen-bond acceptors (Lipinski definition) is 10. The third-order valence-corrected chi connectivity index (χ3v) is 12.2. The summed E-state index contributed by atoms with van der Waals surface area (Å²) >= 11 is 0.302. The van der Waals surface area contributed by atoms with Crippen molar-refractivity contribution in [3.8, 4) is 16.9 Å². The van der Waals surface area contributed by atoms with E-state index in [1.165, 1.54) is 29.8 Å². The van der Waals surface area contributed by atoms with Gasteiger partial charge in [-0.2, -0.15) is 22.7 Å². The largest absolute Gasteiger partial charge is 0.445 e. The lowest BCUT2D eigenvalue weighted by Gasteiger charge is -2.36. The van der Waals surface area contributed by atoms with Crippen LogP contribution in [-0.2, 0) is 25.7 Å². The van der Waals surface area contributed by atoms with Crippen molar-refractivity contribution in [3.05, 3.63) is 23.5 Å². The molecular weight excluding hydrogens is 638 g/mol. The minimum atomic E-state index is -4.70. The number of anilines is 1. The Labute approximate surface area is 258 Å². The fourth-order valence-corrected chi connectivity index (χ4v) is 8.02.